The van der Waals surface area contributed by atoms with Crippen LogP contribution in [0.2, 0.25) is 0 Å². The van der Waals surface area contributed by atoms with E-state index in [1.807, 2.05) is 0 Å². The van der Waals surface area contributed by atoms with Crippen LogP contribution in [0, 0.1) is 16.7 Å². The molecule has 1 N–H and O–H groups in total. The van der Waals surface area contributed by atoms with Gasteiger partial charge >= 0.3 is 0 Å². The maximum absolute atomic E-state index is 11.2. The number of aliphatic hydroxyl groups is 1. The predicted molar refractivity (Wildman–Crippen MR) is 68.3 cm³/mol. The highest BCUT2D eigenvalue weighted by atomic mass is 16.3. The first-order valence-corrected chi connectivity index (χ1v) is 7.10. The smallest absolute Gasteiger partial charge is 0.0754 e. The van der Waals surface area contributed by atoms with E-state index in [0.717, 1.165) is 12.3 Å². The van der Waals surface area contributed by atoms with Crippen LogP contribution < -0.4 is 0 Å². The third-order valence-corrected chi connectivity index (χ3v) is 5.97. The Morgan fingerprint density at radius 1 is 1.19 bits per heavy atom. The Bertz CT molecular complexity index is 264. The summed E-state index contributed by atoms with van der Waals surface area (Å²) in [5, 5.41) is 11.2. The van der Waals surface area contributed by atoms with E-state index in [4.69, 9.17) is 0 Å². The first-order chi connectivity index (χ1) is 7.37. The van der Waals surface area contributed by atoms with Crippen molar-refractivity contribution in [2.45, 2.75) is 78.2 Å². The Balaban J connectivity index is 2.17. The Morgan fingerprint density at radius 3 is 2.38 bits per heavy atom. The summed E-state index contributed by atoms with van der Waals surface area (Å²) >= 11 is 0. The molecule has 2 rings (SSSR count). The molecule has 0 spiro atoms. The lowest BCUT2D eigenvalue weighted by molar-refractivity contribution is -0.148. The minimum absolute atomic E-state index is 0.133. The van der Waals surface area contributed by atoms with E-state index < -0.39 is 5.60 Å². The van der Waals surface area contributed by atoms with Gasteiger partial charge in [-0.1, -0.05) is 47.0 Å². The standard InChI is InChI=1S/C15H28O/c1-5-6-7-9-15(16)13(2,3)12-8-10-14(15,4)11-12/h12,16H,5-11H2,1-4H3. The topological polar surface area (TPSA) is 20.2 Å². The summed E-state index contributed by atoms with van der Waals surface area (Å²) < 4.78 is 0. The molecule has 1 nitrogen and oxygen atoms in total. The molecule has 1 heteroatoms. The summed E-state index contributed by atoms with van der Waals surface area (Å²) in [5.41, 5.74) is -0.0687. The second kappa shape index (κ2) is 3.73. The van der Waals surface area contributed by atoms with Crippen LogP contribution in [0.4, 0.5) is 0 Å². The number of rotatable bonds is 4. The van der Waals surface area contributed by atoms with Gasteiger partial charge in [-0.15, -0.1) is 0 Å². The van der Waals surface area contributed by atoms with Crippen LogP contribution in [-0.2, 0) is 0 Å². The molecule has 2 aliphatic rings. The summed E-state index contributed by atoms with van der Waals surface area (Å²) in [6.45, 7) is 9.16. The highest BCUT2D eigenvalue weighted by Crippen LogP contribution is 2.69. The van der Waals surface area contributed by atoms with Crippen molar-refractivity contribution in [2.24, 2.45) is 16.7 Å². The summed E-state index contributed by atoms with van der Waals surface area (Å²) in [4.78, 5) is 0. The van der Waals surface area contributed by atoms with Gasteiger partial charge in [0.05, 0.1) is 5.60 Å². The van der Waals surface area contributed by atoms with Gasteiger partial charge in [0.1, 0.15) is 0 Å². The molecular weight excluding hydrogens is 196 g/mol. The molecule has 3 unspecified atom stereocenters. The van der Waals surface area contributed by atoms with Gasteiger partial charge in [0.15, 0.2) is 0 Å². The molecule has 2 fully saturated rings. The highest BCUT2D eigenvalue weighted by Gasteiger charge is 2.67. The molecule has 0 aromatic carbocycles. The zero-order valence-corrected chi connectivity index (χ0v) is 11.5. The van der Waals surface area contributed by atoms with Crippen molar-refractivity contribution in [1.82, 2.24) is 0 Å². The quantitative estimate of drug-likeness (QED) is 0.711. The van der Waals surface area contributed by atoms with Gasteiger partial charge in [0.2, 0.25) is 0 Å². The zero-order valence-electron chi connectivity index (χ0n) is 11.5. The van der Waals surface area contributed by atoms with Gasteiger partial charge in [0, 0.05) is 0 Å². The Morgan fingerprint density at radius 2 is 1.88 bits per heavy atom. The van der Waals surface area contributed by atoms with Gasteiger partial charge in [-0.2, -0.15) is 0 Å². The summed E-state index contributed by atoms with van der Waals surface area (Å²) in [5.74, 6) is 0.754. The lowest BCUT2D eigenvalue weighted by Crippen LogP contribution is -2.53. The molecule has 94 valence electrons. The van der Waals surface area contributed by atoms with Crippen LogP contribution in [-0.4, -0.2) is 10.7 Å². The monoisotopic (exact) mass is 224 g/mol. The average Bonchev–Trinajstić information content (AvgIpc) is 2.67. The lowest BCUT2D eigenvalue weighted by atomic mass is 9.58. The fraction of sp³-hybridized carbons (Fsp3) is 1.00. The van der Waals surface area contributed by atoms with Crippen molar-refractivity contribution in [3.05, 3.63) is 0 Å². The van der Waals surface area contributed by atoms with Crippen LogP contribution in [0.25, 0.3) is 0 Å². The molecule has 0 heterocycles. The van der Waals surface area contributed by atoms with E-state index in [-0.39, 0.29) is 10.8 Å². The Labute approximate surface area is 101 Å². The van der Waals surface area contributed by atoms with Crippen LogP contribution in [0.1, 0.15) is 72.6 Å². The molecule has 2 aliphatic carbocycles. The van der Waals surface area contributed by atoms with Crippen LogP contribution >= 0.6 is 0 Å². The molecule has 0 aromatic rings. The van der Waals surface area contributed by atoms with Crippen LogP contribution in [0.15, 0.2) is 0 Å². The van der Waals surface area contributed by atoms with Crippen molar-refractivity contribution >= 4 is 0 Å². The number of fused-ring (bicyclic) bond motifs is 2. The Kier molecular flexibility index (Phi) is 2.89. The van der Waals surface area contributed by atoms with Crippen molar-refractivity contribution in [1.29, 1.82) is 0 Å². The summed E-state index contributed by atoms with van der Waals surface area (Å²) in [6.07, 6.45) is 8.54. The van der Waals surface area contributed by atoms with Gasteiger partial charge in [-0.25, -0.2) is 0 Å². The molecule has 16 heavy (non-hydrogen) atoms. The van der Waals surface area contributed by atoms with E-state index in [1.54, 1.807) is 0 Å². The van der Waals surface area contributed by atoms with Gasteiger partial charge < -0.3 is 5.11 Å². The third-order valence-electron chi connectivity index (χ3n) is 5.97. The van der Waals surface area contributed by atoms with Crippen molar-refractivity contribution < 1.29 is 5.11 Å². The van der Waals surface area contributed by atoms with E-state index in [0.29, 0.717) is 0 Å². The predicted octanol–water partition coefficient (Wildman–Crippen LogP) is 4.14. The molecule has 0 saturated heterocycles. The summed E-state index contributed by atoms with van der Waals surface area (Å²) in [6, 6.07) is 0. The van der Waals surface area contributed by atoms with Crippen molar-refractivity contribution in [3.8, 4) is 0 Å². The minimum atomic E-state index is -0.405. The minimum Gasteiger partial charge on any atom is -0.389 e. The normalized spacial score (nSPS) is 45.2. The lowest BCUT2D eigenvalue weighted by Gasteiger charge is -2.51. The summed E-state index contributed by atoms with van der Waals surface area (Å²) in [7, 11) is 0. The highest BCUT2D eigenvalue weighted by molar-refractivity contribution is 5.17. The van der Waals surface area contributed by atoms with Gasteiger partial charge in [0.25, 0.3) is 0 Å². The maximum Gasteiger partial charge on any atom is 0.0754 e. The fourth-order valence-electron chi connectivity index (χ4n) is 4.60. The number of unbranched alkanes of at least 4 members (excludes halogenated alkanes) is 2. The SMILES string of the molecule is CCCCCC1(O)C2(C)CCC(C2)C1(C)C. The zero-order chi connectivity index (χ0) is 12.0. The molecule has 0 radical (unpaired) electrons. The Hall–Kier alpha value is -0.0400. The molecule has 3 atom stereocenters. The third kappa shape index (κ3) is 1.40. The van der Waals surface area contributed by atoms with Crippen LogP contribution in [0.3, 0.4) is 0 Å². The largest absolute Gasteiger partial charge is 0.389 e. The van der Waals surface area contributed by atoms with Crippen LogP contribution in [0.5, 0.6) is 0 Å². The number of hydrogen-bond acceptors (Lipinski definition) is 1. The van der Waals surface area contributed by atoms with E-state index in [1.165, 1.54) is 38.5 Å². The van der Waals surface area contributed by atoms with E-state index in [2.05, 4.69) is 27.7 Å². The molecule has 0 aliphatic heterocycles. The number of hydrogen-bond donors (Lipinski definition) is 1. The first kappa shape index (κ1) is 12.4. The van der Waals surface area contributed by atoms with E-state index in [9.17, 15) is 5.11 Å². The fourth-order valence-corrected chi connectivity index (χ4v) is 4.60. The molecular formula is C15H28O. The van der Waals surface area contributed by atoms with Crippen molar-refractivity contribution in [3.63, 3.8) is 0 Å². The van der Waals surface area contributed by atoms with E-state index >= 15 is 0 Å². The molecule has 2 saturated carbocycles. The van der Waals surface area contributed by atoms with Gasteiger partial charge in [-0.05, 0) is 42.4 Å². The first-order valence-electron chi connectivity index (χ1n) is 7.10. The maximum atomic E-state index is 11.2. The van der Waals surface area contributed by atoms with Crippen molar-refractivity contribution in [2.75, 3.05) is 0 Å². The van der Waals surface area contributed by atoms with Gasteiger partial charge in [-0.3, -0.25) is 0 Å². The second-order valence-electron chi connectivity index (χ2n) is 7.04. The molecule has 0 amide bonds. The molecule has 0 aromatic heterocycles. The average molecular weight is 224 g/mol. The molecule has 2 bridgehead atoms. The second-order valence-corrected chi connectivity index (χ2v) is 7.04.